The van der Waals surface area contributed by atoms with Crippen molar-refractivity contribution in [2.75, 3.05) is 44.2 Å². The fourth-order valence-electron chi connectivity index (χ4n) is 6.98. The summed E-state index contributed by atoms with van der Waals surface area (Å²) in [6, 6.07) is 18.7. The molecule has 0 amide bonds. The highest BCUT2D eigenvalue weighted by Crippen LogP contribution is 2.39. The summed E-state index contributed by atoms with van der Waals surface area (Å²) in [5.41, 5.74) is 8.81. The second-order valence-electron chi connectivity index (χ2n) is 13.3. The molecule has 12 heteroatoms. The Bertz CT molecular complexity index is 1930. The lowest BCUT2D eigenvalue weighted by atomic mass is 9.92. The minimum Gasteiger partial charge on any atom is -0.488 e. The second-order valence-corrected chi connectivity index (χ2v) is 13.7. The number of aliphatic hydroxyl groups is 2. The number of fused-ring (bicyclic) bond motifs is 1. The first-order chi connectivity index (χ1) is 25.2. The van der Waals surface area contributed by atoms with Crippen molar-refractivity contribution in [3.05, 3.63) is 105 Å². The van der Waals surface area contributed by atoms with Gasteiger partial charge in [0.1, 0.15) is 36.8 Å². The molecule has 1 saturated heterocycles. The number of rotatable bonds is 16. The third-order valence-corrected chi connectivity index (χ3v) is 10.1. The molecule has 4 N–H and O–H groups in total. The maximum absolute atomic E-state index is 11.5. The van der Waals surface area contributed by atoms with Crippen molar-refractivity contribution in [1.29, 1.82) is 5.26 Å². The predicted octanol–water partition coefficient (Wildman–Crippen LogP) is 5.09. The number of benzene rings is 3. The second kappa shape index (κ2) is 17.2. The maximum Gasteiger partial charge on any atom is 0.323 e. The smallest absolute Gasteiger partial charge is 0.323 e. The number of hydrogen-bond donors (Lipinski definition) is 4. The Morgan fingerprint density at radius 1 is 1.06 bits per heavy atom. The van der Waals surface area contributed by atoms with Crippen molar-refractivity contribution < 1.29 is 29.6 Å². The highest BCUT2D eigenvalue weighted by atomic mass is 35.5. The van der Waals surface area contributed by atoms with Gasteiger partial charge in [0, 0.05) is 68.0 Å². The standard InChI is InChI=1S/C40H44ClN5O6/c1-26-29(5-2-6-32(26)33-7-3-8-37-34(33)10-14-46(37)12-4-11-45-13-9-31(48)22-45)25-52-39-17-38(51-24-28-15-27(18-42)19-43-20-28)30(16-35(39)41)21-44-36(23-47)40(49)50/h2-3,5-8,15-17,19-20,31,36,44,47-48H,4,9-14,21-25H2,1H3,(H,49,50). The third kappa shape index (κ3) is 8.84. The van der Waals surface area contributed by atoms with Crippen molar-refractivity contribution in [2.24, 2.45) is 0 Å². The van der Waals surface area contributed by atoms with E-state index in [1.165, 1.54) is 23.0 Å². The molecule has 0 aliphatic carbocycles. The molecule has 0 radical (unpaired) electrons. The van der Waals surface area contributed by atoms with Gasteiger partial charge in [-0.1, -0.05) is 41.9 Å². The predicted molar refractivity (Wildman–Crippen MR) is 199 cm³/mol. The van der Waals surface area contributed by atoms with E-state index >= 15 is 0 Å². The lowest BCUT2D eigenvalue weighted by molar-refractivity contribution is -0.140. The Kier molecular flexibility index (Phi) is 12.3. The van der Waals surface area contributed by atoms with E-state index in [-0.39, 0.29) is 25.9 Å². The molecule has 3 heterocycles. The van der Waals surface area contributed by atoms with Crippen LogP contribution in [0.15, 0.2) is 67.0 Å². The van der Waals surface area contributed by atoms with Crippen LogP contribution in [0.5, 0.6) is 11.5 Å². The van der Waals surface area contributed by atoms with E-state index in [4.69, 9.17) is 21.1 Å². The van der Waals surface area contributed by atoms with Crippen molar-refractivity contribution >= 4 is 23.3 Å². The average molecular weight is 726 g/mol. The average Bonchev–Trinajstić information content (AvgIpc) is 3.77. The van der Waals surface area contributed by atoms with Crippen LogP contribution in [0.25, 0.3) is 11.1 Å². The van der Waals surface area contributed by atoms with Crippen LogP contribution < -0.4 is 19.7 Å². The van der Waals surface area contributed by atoms with E-state index in [1.807, 2.05) is 12.1 Å². The Labute approximate surface area is 309 Å². The molecule has 3 aromatic carbocycles. The highest BCUT2D eigenvalue weighted by molar-refractivity contribution is 6.32. The number of aliphatic hydroxyl groups excluding tert-OH is 2. The highest BCUT2D eigenvalue weighted by Gasteiger charge is 2.25. The van der Waals surface area contributed by atoms with Crippen LogP contribution in [0.3, 0.4) is 0 Å². The lowest BCUT2D eigenvalue weighted by Crippen LogP contribution is -2.39. The van der Waals surface area contributed by atoms with Gasteiger partial charge >= 0.3 is 5.97 Å². The van der Waals surface area contributed by atoms with Gasteiger partial charge in [0.2, 0.25) is 0 Å². The summed E-state index contributed by atoms with van der Waals surface area (Å²) in [5.74, 6) is -0.379. The molecule has 1 aromatic heterocycles. The number of carboxylic acid groups (broad SMARTS) is 1. The number of carbonyl (C=O) groups is 1. The number of aliphatic carboxylic acids is 1. The molecule has 52 heavy (non-hydrogen) atoms. The molecule has 0 bridgehead atoms. The summed E-state index contributed by atoms with van der Waals surface area (Å²) in [6.45, 7) is 6.67. The van der Waals surface area contributed by atoms with Gasteiger partial charge in [-0.25, -0.2) is 0 Å². The molecular formula is C40H44ClN5O6. The van der Waals surface area contributed by atoms with Gasteiger partial charge in [0.15, 0.2) is 0 Å². The van der Waals surface area contributed by atoms with Gasteiger partial charge in [0.05, 0.1) is 23.3 Å². The van der Waals surface area contributed by atoms with E-state index in [0.717, 1.165) is 68.7 Å². The van der Waals surface area contributed by atoms with Crippen molar-refractivity contribution in [3.8, 4) is 28.7 Å². The minimum absolute atomic E-state index is 0.0614. The van der Waals surface area contributed by atoms with Gasteiger partial charge in [0.25, 0.3) is 0 Å². The lowest BCUT2D eigenvalue weighted by Gasteiger charge is -2.22. The number of ether oxygens (including phenoxy) is 2. The first kappa shape index (κ1) is 37.1. The summed E-state index contributed by atoms with van der Waals surface area (Å²) in [4.78, 5) is 20.4. The summed E-state index contributed by atoms with van der Waals surface area (Å²) in [5, 5.41) is 41.2. The van der Waals surface area contributed by atoms with E-state index < -0.39 is 18.6 Å². The number of hydrogen-bond acceptors (Lipinski definition) is 10. The number of aromatic nitrogens is 1. The van der Waals surface area contributed by atoms with Gasteiger partial charge in [-0.3, -0.25) is 15.1 Å². The summed E-state index contributed by atoms with van der Waals surface area (Å²) in [7, 11) is 0. The minimum atomic E-state index is -1.18. The number of pyridine rings is 1. The molecule has 6 rings (SSSR count). The molecule has 2 aliphatic heterocycles. The van der Waals surface area contributed by atoms with Crippen LogP contribution in [-0.2, 0) is 31.0 Å². The summed E-state index contributed by atoms with van der Waals surface area (Å²) >= 11 is 6.72. The van der Waals surface area contributed by atoms with E-state index in [0.29, 0.717) is 33.2 Å². The fraction of sp³-hybridized carbons (Fsp3) is 0.375. The van der Waals surface area contributed by atoms with Gasteiger partial charge < -0.3 is 34.6 Å². The molecule has 2 atom stereocenters. The van der Waals surface area contributed by atoms with E-state index in [2.05, 4.69) is 57.4 Å². The number of β-amino-alcohol motifs (C(OH)–C–C–N with tert-alkyl or cyclic N) is 1. The Balaban J connectivity index is 1.18. The first-order valence-electron chi connectivity index (χ1n) is 17.6. The Morgan fingerprint density at radius 2 is 1.87 bits per heavy atom. The van der Waals surface area contributed by atoms with Crippen LogP contribution in [0.2, 0.25) is 5.02 Å². The van der Waals surface area contributed by atoms with E-state index in [1.54, 1.807) is 24.4 Å². The SMILES string of the molecule is Cc1c(COc2cc(OCc3cncc(C#N)c3)c(CNC(CO)C(=O)O)cc2Cl)cccc1-c1cccc2c1CCN2CCCN1CCC(O)C1. The molecule has 1 fully saturated rings. The Hall–Kier alpha value is -4.70. The zero-order chi connectivity index (χ0) is 36.6. The zero-order valence-electron chi connectivity index (χ0n) is 29.2. The summed E-state index contributed by atoms with van der Waals surface area (Å²) in [6.07, 6.45) is 5.80. The number of carboxylic acids is 1. The van der Waals surface area contributed by atoms with Crippen LogP contribution >= 0.6 is 11.6 Å². The Morgan fingerprint density at radius 3 is 2.63 bits per heavy atom. The van der Waals surface area contributed by atoms with Crippen molar-refractivity contribution in [2.45, 2.75) is 58.1 Å². The van der Waals surface area contributed by atoms with Crippen LogP contribution in [0, 0.1) is 18.3 Å². The molecule has 11 nitrogen and oxygen atoms in total. The summed E-state index contributed by atoms with van der Waals surface area (Å²) < 4.78 is 12.5. The molecule has 2 unspecified atom stereocenters. The molecule has 272 valence electrons. The van der Waals surface area contributed by atoms with Gasteiger partial charge in [-0.2, -0.15) is 5.26 Å². The van der Waals surface area contributed by atoms with Crippen molar-refractivity contribution in [3.63, 3.8) is 0 Å². The van der Waals surface area contributed by atoms with Crippen LogP contribution in [0.4, 0.5) is 5.69 Å². The number of anilines is 1. The van der Waals surface area contributed by atoms with Crippen LogP contribution in [0.1, 0.15) is 46.2 Å². The number of nitriles is 1. The van der Waals surface area contributed by atoms with Gasteiger partial charge in [-0.15, -0.1) is 0 Å². The van der Waals surface area contributed by atoms with Gasteiger partial charge in [-0.05, 0) is 78.7 Å². The van der Waals surface area contributed by atoms with Crippen molar-refractivity contribution in [1.82, 2.24) is 15.2 Å². The molecule has 2 aliphatic rings. The van der Waals surface area contributed by atoms with E-state index in [9.17, 15) is 25.4 Å². The molecular weight excluding hydrogens is 682 g/mol. The molecule has 0 saturated carbocycles. The molecule has 4 aromatic rings. The zero-order valence-corrected chi connectivity index (χ0v) is 30.0. The maximum atomic E-state index is 11.5. The first-order valence-corrected chi connectivity index (χ1v) is 18.0. The fourth-order valence-corrected chi connectivity index (χ4v) is 7.22. The monoisotopic (exact) mass is 725 g/mol. The normalized spacial score (nSPS) is 16.1. The number of nitrogens with zero attached hydrogens (tertiary/aromatic N) is 4. The number of likely N-dealkylation sites (tertiary alicyclic amines) is 1. The number of halogens is 1. The topological polar surface area (TPSA) is 151 Å². The largest absolute Gasteiger partial charge is 0.488 e. The quantitative estimate of drug-likeness (QED) is 0.122. The number of nitrogens with one attached hydrogen (secondary N) is 1. The van der Waals surface area contributed by atoms with Crippen LogP contribution in [-0.4, -0.2) is 82.6 Å². The third-order valence-electron chi connectivity index (χ3n) is 9.85. The molecule has 0 spiro atoms.